The zero-order chi connectivity index (χ0) is 32.8. The first kappa shape index (κ1) is 34.2. The molecule has 13 heteroatoms. The molecule has 2 atom stereocenters. The second-order valence-corrected chi connectivity index (χ2v) is 11.7. The average Bonchev–Trinajstić information content (AvgIpc) is 3.21. The Labute approximate surface area is 251 Å². The molecule has 1 fully saturated rings. The van der Waals surface area contributed by atoms with E-state index in [1.165, 1.54) is 4.90 Å². The Morgan fingerprint density at radius 1 is 1.02 bits per heavy atom. The molecule has 2 amide bonds. The van der Waals surface area contributed by atoms with Crippen molar-refractivity contribution in [1.29, 1.82) is 0 Å². The molecule has 0 bridgehead atoms. The lowest BCUT2D eigenvalue weighted by Gasteiger charge is -2.26. The summed E-state index contributed by atoms with van der Waals surface area (Å²) in [6, 6.07) is 5.52. The number of benzene rings is 2. The number of carboxylic acids is 1. The minimum Gasteiger partial charge on any atom is -0.481 e. The smallest absolute Gasteiger partial charge is 0.305 e. The molecule has 44 heavy (non-hydrogen) atoms. The normalized spacial score (nSPS) is 16.1. The lowest BCUT2D eigenvalue weighted by molar-refractivity contribution is -0.145. The number of ketones is 2. The molecule has 238 valence electrons. The largest absolute Gasteiger partial charge is 0.481 e. The minimum absolute atomic E-state index is 0.0497. The third-order valence-electron chi connectivity index (χ3n) is 7.26. The molecule has 1 heterocycles. The highest BCUT2D eigenvalue weighted by atomic mass is 19.2. The van der Waals surface area contributed by atoms with Gasteiger partial charge in [-0.3, -0.25) is 24.0 Å². The van der Waals surface area contributed by atoms with Crippen molar-refractivity contribution in [3.8, 4) is 5.75 Å². The fourth-order valence-electron chi connectivity index (χ4n) is 5.00. The van der Waals surface area contributed by atoms with Gasteiger partial charge in [-0.2, -0.15) is 8.78 Å². The monoisotopic (exact) mass is 622 g/mol. The van der Waals surface area contributed by atoms with Crippen LogP contribution in [0.3, 0.4) is 0 Å². The van der Waals surface area contributed by atoms with Crippen LogP contribution in [0.2, 0.25) is 0 Å². The summed E-state index contributed by atoms with van der Waals surface area (Å²) in [6.07, 6.45) is 0.185. The highest BCUT2D eigenvalue weighted by Gasteiger charge is 2.33. The van der Waals surface area contributed by atoms with Crippen LogP contribution in [0.15, 0.2) is 30.3 Å². The van der Waals surface area contributed by atoms with Crippen molar-refractivity contribution in [3.05, 3.63) is 64.7 Å². The Hall–Kier alpha value is -4.29. The van der Waals surface area contributed by atoms with Gasteiger partial charge in [0.25, 0.3) is 5.91 Å². The second-order valence-electron chi connectivity index (χ2n) is 11.7. The van der Waals surface area contributed by atoms with E-state index >= 15 is 0 Å². The highest BCUT2D eigenvalue weighted by Crippen LogP contribution is 2.28. The molecular weight excluding hydrogens is 588 g/mol. The van der Waals surface area contributed by atoms with Crippen molar-refractivity contribution in [3.63, 3.8) is 0 Å². The zero-order valence-corrected chi connectivity index (χ0v) is 24.6. The van der Waals surface area contributed by atoms with E-state index in [4.69, 9.17) is 0 Å². The summed E-state index contributed by atoms with van der Waals surface area (Å²) in [7, 11) is 0. The van der Waals surface area contributed by atoms with E-state index in [9.17, 15) is 46.6 Å². The Morgan fingerprint density at radius 3 is 2.27 bits per heavy atom. The number of likely N-dealkylation sites (tertiary alicyclic amines) is 1. The Bertz CT molecular complexity index is 1410. The lowest BCUT2D eigenvalue weighted by atomic mass is 9.82. The number of hydrogen-bond donors (Lipinski definition) is 2. The number of amides is 2. The van der Waals surface area contributed by atoms with Crippen molar-refractivity contribution >= 4 is 29.4 Å². The maximum absolute atomic E-state index is 13.9. The first-order chi connectivity index (χ1) is 20.6. The second kappa shape index (κ2) is 14.5. The molecule has 0 saturated carbocycles. The van der Waals surface area contributed by atoms with Crippen LogP contribution in [0.1, 0.15) is 57.6 Å². The van der Waals surface area contributed by atoms with Gasteiger partial charge in [0, 0.05) is 25.6 Å². The quantitative estimate of drug-likeness (QED) is 0.221. The zero-order valence-electron chi connectivity index (χ0n) is 24.6. The molecule has 0 aromatic heterocycles. The number of halogens is 4. The van der Waals surface area contributed by atoms with E-state index in [0.717, 1.165) is 5.56 Å². The summed E-state index contributed by atoms with van der Waals surface area (Å²) in [6.45, 7) is 4.80. The molecule has 9 nitrogen and oxygen atoms in total. The van der Waals surface area contributed by atoms with Gasteiger partial charge in [-0.15, -0.1) is 0 Å². The Balaban J connectivity index is 1.69. The van der Waals surface area contributed by atoms with Crippen molar-refractivity contribution < 1.29 is 51.4 Å². The van der Waals surface area contributed by atoms with Gasteiger partial charge in [0.05, 0.1) is 12.3 Å². The number of carbonyl (C=O) groups is 5. The number of nitrogens with one attached hydrogen (secondary N) is 1. The van der Waals surface area contributed by atoms with Gasteiger partial charge in [0.2, 0.25) is 23.3 Å². The van der Waals surface area contributed by atoms with Crippen molar-refractivity contribution in [2.75, 3.05) is 19.7 Å². The van der Waals surface area contributed by atoms with Crippen LogP contribution in [0.5, 0.6) is 5.75 Å². The fourth-order valence-corrected chi connectivity index (χ4v) is 5.00. The SMILES string of the molecule is CC(C)(C)c1ccccc1CC(=O)C(=O)N1CCCC[C@@H](C(=O)N[C@@H](CC(=O)O)C(=O)COc2c(F)c(F)cc(F)c2F)C1. The van der Waals surface area contributed by atoms with Gasteiger partial charge >= 0.3 is 5.97 Å². The van der Waals surface area contributed by atoms with E-state index in [-0.39, 0.29) is 37.4 Å². The molecule has 1 aliphatic rings. The highest BCUT2D eigenvalue weighted by molar-refractivity contribution is 6.36. The molecule has 2 aromatic carbocycles. The molecular formula is C31H34F4N2O7. The van der Waals surface area contributed by atoms with Crippen molar-refractivity contribution in [2.24, 2.45) is 5.92 Å². The summed E-state index contributed by atoms with van der Waals surface area (Å²) in [5.74, 6) is -14.6. The van der Waals surface area contributed by atoms with Crippen molar-refractivity contribution in [1.82, 2.24) is 10.2 Å². The Kier molecular flexibility index (Phi) is 11.2. The molecule has 2 aromatic rings. The predicted molar refractivity (Wildman–Crippen MR) is 149 cm³/mol. The lowest BCUT2D eigenvalue weighted by Crippen LogP contribution is -2.49. The first-order valence-corrected chi connectivity index (χ1v) is 14.0. The summed E-state index contributed by atoms with van der Waals surface area (Å²) in [5.41, 5.74) is 1.36. The molecule has 1 saturated heterocycles. The summed E-state index contributed by atoms with van der Waals surface area (Å²) < 4.78 is 59.4. The standard InChI is InChI=1S/C31H34F4N2O7/c1-31(2,3)19-10-5-4-8-17(19)12-23(38)30(43)37-11-7-6-9-18(15-37)29(42)36-22(14-25(40)41)24(39)16-44-28-26(34)20(32)13-21(33)27(28)35/h4-5,8,10,13,18,22H,6-7,9,11-12,14-16H2,1-3H3,(H,36,42)(H,40,41)/t18-,22+/m1/s1. The number of carboxylic acid groups (broad SMARTS) is 1. The summed E-state index contributed by atoms with van der Waals surface area (Å²) in [5, 5.41) is 11.5. The third-order valence-corrected chi connectivity index (χ3v) is 7.26. The van der Waals surface area contributed by atoms with E-state index in [2.05, 4.69) is 10.1 Å². The van der Waals surface area contributed by atoms with Crippen LogP contribution in [0.25, 0.3) is 0 Å². The molecule has 0 unspecified atom stereocenters. The van der Waals surface area contributed by atoms with E-state index in [1.807, 2.05) is 32.9 Å². The number of hydrogen-bond acceptors (Lipinski definition) is 6. The van der Waals surface area contributed by atoms with Gasteiger partial charge in [-0.25, -0.2) is 8.78 Å². The number of aliphatic carboxylic acids is 1. The fraction of sp³-hybridized carbons (Fsp3) is 0.452. The van der Waals surface area contributed by atoms with Gasteiger partial charge in [0.1, 0.15) is 12.6 Å². The summed E-state index contributed by atoms with van der Waals surface area (Å²) in [4.78, 5) is 64.7. The van der Waals surface area contributed by atoms with Crippen LogP contribution in [0, 0.1) is 29.2 Å². The number of rotatable bonds is 11. The molecule has 0 aliphatic carbocycles. The Morgan fingerprint density at radius 2 is 1.66 bits per heavy atom. The van der Waals surface area contributed by atoms with E-state index in [1.54, 1.807) is 12.1 Å². The van der Waals surface area contributed by atoms with Gasteiger partial charge in [0.15, 0.2) is 23.2 Å². The minimum atomic E-state index is -1.89. The van der Waals surface area contributed by atoms with E-state index in [0.29, 0.717) is 18.4 Å². The third kappa shape index (κ3) is 8.64. The van der Waals surface area contributed by atoms with Crippen LogP contribution in [-0.2, 0) is 35.8 Å². The van der Waals surface area contributed by atoms with Crippen LogP contribution in [0.4, 0.5) is 17.6 Å². The number of carbonyl (C=O) groups excluding carboxylic acids is 4. The van der Waals surface area contributed by atoms with Gasteiger partial charge < -0.3 is 20.1 Å². The predicted octanol–water partition coefficient (Wildman–Crippen LogP) is 3.89. The number of Topliss-reactive ketones (excluding diaryl/α,β-unsaturated/α-hetero) is 2. The molecule has 0 spiro atoms. The maximum atomic E-state index is 13.9. The summed E-state index contributed by atoms with van der Waals surface area (Å²) >= 11 is 0. The molecule has 0 radical (unpaired) electrons. The number of nitrogens with zero attached hydrogens (tertiary/aromatic N) is 1. The van der Waals surface area contributed by atoms with Crippen molar-refractivity contribution in [2.45, 2.75) is 64.3 Å². The number of ether oxygens (including phenoxy) is 1. The van der Waals surface area contributed by atoms with Gasteiger partial charge in [-0.05, 0) is 29.4 Å². The van der Waals surface area contributed by atoms with Crippen LogP contribution in [-0.4, -0.2) is 65.1 Å². The van der Waals surface area contributed by atoms with Gasteiger partial charge in [-0.1, -0.05) is 51.5 Å². The van der Waals surface area contributed by atoms with Crippen LogP contribution >= 0.6 is 0 Å². The maximum Gasteiger partial charge on any atom is 0.305 e. The first-order valence-electron chi connectivity index (χ1n) is 14.0. The van der Waals surface area contributed by atoms with E-state index < -0.39 is 83.4 Å². The molecule has 1 aliphatic heterocycles. The molecule has 3 rings (SSSR count). The molecule has 2 N–H and O–H groups in total. The topological polar surface area (TPSA) is 130 Å². The average molecular weight is 623 g/mol. The van der Waals surface area contributed by atoms with Crippen LogP contribution < -0.4 is 10.1 Å².